The van der Waals surface area contributed by atoms with Crippen LogP contribution in [0.1, 0.15) is 28.1 Å². The first kappa shape index (κ1) is 19.7. The minimum Gasteiger partial charge on any atom is -0.434 e. The molecule has 0 unspecified atom stereocenters. The molecule has 0 atom stereocenters. The van der Waals surface area contributed by atoms with Crippen LogP contribution < -0.4 is 15.4 Å². The Balaban J connectivity index is 2.02. The molecule has 0 aliphatic heterocycles. The number of aromatic nitrogens is 2. The van der Waals surface area contributed by atoms with Crippen LogP contribution in [0.25, 0.3) is 0 Å². The molecule has 8 heteroatoms. The van der Waals surface area contributed by atoms with Crippen molar-refractivity contribution in [1.29, 1.82) is 0 Å². The fraction of sp³-hybridized carbons (Fsp3) is 0.444. The maximum atomic E-state index is 12.6. The number of benzene rings is 1. The lowest BCUT2D eigenvalue weighted by Crippen LogP contribution is -2.36. The van der Waals surface area contributed by atoms with Gasteiger partial charge in [0.1, 0.15) is 5.75 Å². The van der Waals surface area contributed by atoms with Gasteiger partial charge in [-0.15, -0.1) is 0 Å². The van der Waals surface area contributed by atoms with E-state index < -0.39 is 6.61 Å². The number of hydrogen-bond acceptors (Lipinski definition) is 3. The number of guanidine groups is 1. The van der Waals surface area contributed by atoms with Crippen LogP contribution in [0.2, 0.25) is 0 Å². The Bertz CT molecular complexity index is 786. The molecule has 1 aromatic heterocycles. The highest BCUT2D eigenvalue weighted by molar-refractivity contribution is 5.79. The highest BCUT2D eigenvalue weighted by Crippen LogP contribution is 2.22. The minimum absolute atomic E-state index is 0.160. The summed E-state index contributed by atoms with van der Waals surface area (Å²) in [7, 11) is 3.56. The van der Waals surface area contributed by atoms with E-state index in [0.29, 0.717) is 24.6 Å². The molecular formula is C18H25F2N5O. The topological polar surface area (TPSA) is 63.5 Å². The van der Waals surface area contributed by atoms with Crippen LogP contribution in [0, 0.1) is 20.8 Å². The molecule has 0 aliphatic carbocycles. The average Bonchev–Trinajstić information content (AvgIpc) is 2.82. The van der Waals surface area contributed by atoms with Crippen molar-refractivity contribution in [2.45, 2.75) is 40.5 Å². The number of rotatable bonds is 6. The summed E-state index contributed by atoms with van der Waals surface area (Å²) in [6.07, 6.45) is 0. The number of nitrogens with zero attached hydrogens (tertiary/aromatic N) is 3. The van der Waals surface area contributed by atoms with E-state index in [0.717, 1.165) is 22.5 Å². The van der Waals surface area contributed by atoms with Crippen LogP contribution in [0.4, 0.5) is 8.78 Å². The van der Waals surface area contributed by atoms with Gasteiger partial charge in [0.2, 0.25) is 0 Å². The number of hydrogen-bond donors (Lipinski definition) is 2. The van der Waals surface area contributed by atoms with E-state index in [2.05, 4.69) is 25.5 Å². The molecule has 142 valence electrons. The Labute approximate surface area is 152 Å². The number of halogens is 2. The van der Waals surface area contributed by atoms with Gasteiger partial charge in [-0.05, 0) is 26.8 Å². The molecular weight excluding hydrogens is 340 g/mol. The quantitative estimate of drug-likeness (QED) is 0.610. The lowest BCUT2D eigenvalue weighted by Gasteiger charge is -2.15. The molecule has 0 fully saturated rings. The molecule has 0 aliphatic rings. The van der Waals surface area contributed by atoms with Crippen molar-refractivity contribution in [3.63, 3.8) is 0 Å². The maximum Gasteiger partial charge on any atom is 0.387 e. The molecule has 2 rings (SSSR count). The first-order chi connectivity index (χ1) is 12.3. The molecule has 2 aromatic rings. The maximum absolute atomic E-state index is 12.6. The van der Waals surface area contributed by atoms with E-state index in [9.17, 15) is 8.78 Å². The highest BCUT2D eigenvalue weighted by Gasteiger charge is 2.12. The van der Waals surface area contributed by atoms with Crippen molar-refractivity contribution in [3.8, 4) is 5.75 Å². The van der Waals surface area contributed by atoms with E-state index >= 15 is 0 Å². The van der Waals surface area contributed by atoms with Gasteiger partial charge in [-0.3, -0.25) is 9.67 Å². The van der Waals surface area contributed by atoms with Crippen molar-refractivity contribution < 1.29 is 13.5 Å². The van der Waals surface area contributed by atoms with Crippen molar-refractivity contribution in [2.75, 3.05) is 7.05 Å². The Morgan fingerprint density at radius 1 is 1.23 bits per heavy atom. The van der Waals surface area contributed by atoms with Gasteiger partial charge < -0.3 is 15.4 Å². The number of nitrogens with one attached hydrogen (secondary N) is 2. The van der Waals surface area contributed by atoms with Crippen LogP contribution in [0.5, 0.6) is 5.75 Å². The van der Waals surface area contributed by atoms with Crippen LogP contribution >= 0.6 is 0 Å². The normalized spacial score (nSPS) is 11.8. The van der Waals surface area contributed by atoms with Crippen molar-refractivity contribution in [2.24, 2.45) is 12.0 Å². The Kier molecular flexibility index (Phi) is 6.54. The Hall–Kier alpha value is -2.64. The van der Waals surface area contributed by atoms with Gasteiger partial charge in [-0.25, -0.2) is 0 Å². The summed E-state index contributed by atoms with van der Waals surface area (Å²) in [5.41, 5.74) is 4.75. The smallest absolute Gasteiger partial charge is 0.387 e. The Morgan fingerprint density at radius 3 is 2.50 bits per heavy atom. The molecule has 0 amide bonds. The number of alkyl halides is 2. The van der Waals surface area contributed by atoms with Gasteiger partial charge in [-0.1, -0.05) is 17.7 Å². The van der Waals surface area contributed by atoms with Gasteiger partial charge in [0, 0.05) is 44.0 Å². The zero-order valence-electron chi connectivity index (χ0n) is 15.7. The third-order valence-electron chi connectivity index (χ3n) is 4.19. The van der Waals surface area contributed by atoms with Crippen molar-refractivity contribution >= 4 is 5.96 Å². The summed E-state index contributed by atoms with van der Waals surface area (Å²) < 4.78 is 31.6. The number of aryl methyl sites for hydroxylation is 3. The standard InChI is InChI=1S/C18H25F2N5O/c1-11-6-7-16(26-17(19)20)14(8-11)9-22-18(21-4)23-10-15-12(2)24-25(5)13(15)3/h6-8,17H,9-10H2,1-5H3,(H2,21,22,23). The largest absolute Gasteiger partial charge is 0.434 e. The molecule has 0 radical (unpaired) electrons. The molecule has 0 bridgehead atoms. The summed E-state index contributed by atoms with van der Waals surface area (Å²) in [6.45, 7) is 3.89. The number of aliphatic imine (C=N–C) groups is 1. The fourth-order valence-electron chi connectivity index (χ4n) is 2.70. The second-order valence-electron chi connectivity index (χ2n) is 6.04. The molecule has 26 heavy (non-hydrogen) atoms. The lowest BCUT2D eigenvalue weighted by molar-refractivity contribution is -0.0504. The lowest BCUT2D eigenvalue weighted by atomic mass is 10.1. The minimum atomic E-state index is -2.86. The second-order valence-corrected chi connectivity index (χ2v) is 6.04. The zero-order valence-corrected chi connectivity index (χ0v) is 15.7. The summed E-state index contributed by atoms with van der Waals surface area (Å²) in [5.74, 6) is 0.727. The van der Waals surface area contributed by atoms with Gasteiger partial charge in [0.15, 0.2) is 5.96 Å². The summed E-state index contributed by atoms with van der Waals surface area (Å²) in [4.78, 5) is 4.18. The monoisotopic (exact) mass is 365 g/mol. The summed E-state index contributed by atoms with van der Waals surface area (Å²) in [6, 6.07) is 5.10. The van der Waals surface area contributed by atoms with Crippen LogP contribution in [-0.4, -0.2) is 29.4 Å². The third-order valence-corrected chi connectivity index (χ3v) is 4.19. The van der Waals surface area contributed by atoms with E-state index in [-0.39, 0.29) is 5.75 Å². The zero-order chi connectivity index (χ0) is 19.3. The predicted octanol–water partition coefficient (Wildman–Crippen LogP) is 2.81. The summed E-state index contributed by atoms with van der Waals surface area (Å²) >= 11 is 0. The molecule has 0 spiro atoms. The predicted molar refractivity (Wildman–Crippen MR) is 97.5 cm³/mol. The molecule has 2 N–H and O–H groups in total. The summed E-state index contributed by atoms with van der Waals surface area (Å²) in [5, 5.41) is 10.7. The second kappa shape index (κ2) is 8.64. The van der Waals surface area contributed by atoms with E-state index in [1.807, 2.05) is 38.6 Å². The molecule has 1 aromatic carbocycles. The van der Waals surface area contributed by atoms with Crippen molar-refractivity contribution in [1.82, 2.24) is 20.4 Å². The third kappa shape index (κ3) is 4.93. The number of ether oxygens (including phenoxy) is 1. The Morgan fingerprint density at radius 2 is 1.92 bits per heavy atom. The van der Waals surface area contributed by atoms with Gasteiger partial charge >= 0.3 is 6.61 Å². The molecule has 6 nitrogen and oxygen atoms in total. The first-order valence-corrected chi connectivity index (χ1v) is 8.29. The van der Waals surface area contributed by atoms with Crippen LogP contribution in [-0.2, 0) is 20.1 Å². The van der Waals surface area contributed by atoms with E-state index in [1.165, 1.54) is 0 Å². The van der Waals surface area contributed by atoms with Crippen LogP contribution in [0.3, 0.4) is 0 Å². The molecule has 0 saturated heterocycles. The average molecular weight is 365 g/mol. The molecule has 1 heterocycles. The first-order valence-electron chi connectivity index (χ1n) is 8.29. The van der Waals surface area contributed by atoms with E-state index in [1.54, 1.807) is 19.2 Å². The SMILES string of the molecule is CN=C(NCc1cc(C)ccc1OC(F)F)NCc1c(C)nn(C)c1C. The van der Waals surface area contributed by atoms with Crippen molar-refractivity contribution in [3.05, 3.63) is 46.3 Å². The van der Waals surface area contributed by atoms with Gasteiger partial charge in [0.05, 0.1) is 5.69 Å². The molecule has 0 saturated carbocycles. The van der Waals surface area contributed by atoms with Crippen LogP contribution in [0.15, 0.2) is 23.2 Å². The van der Waals surface area contributed by atoms with Gasteiger partial charge in [0.25, 0.3) is 0 Å². The highest BCUT2D eigenvalue weighted by atomic mass is 19.3. The van der Waals surface area contributed by atoms with Gasteiger partial charge in [-0.2, -0.15) is 13.9 Å². The van der Waals surface area contributed by atoms with E-state index in [4.69, 9.17) is 0 Å². The fourth-order valence-corrected chi connectivity index (χ4v) is 2.70.